The summed E-state index contributed by atoms with van der Waals surface area (Å²) >= 11 is 1.62. The van der Waals surface area contributed by atoms with E-state index in [1.165, 1.54) is 11.0 Å². The number of nitrogens with zero attached hydrogens (tertiary/aromatic N) is 2. The van der Waals surface area contributed by atoms with Crippen molar-refractivity contribution >= 4 is 39.9 Å². The Morgan fingerprint density at radius 3 is 2.86 bits per heavy atom. The average Bonchev–Trinajstić information content (AvgIpc) is 3.18. The van der Waals surface area contributed by atoms with Crippen LogP contribution in [-0.4, -0.2) is 21.2 Å². The van der Waals surface area contributed by atoms with Gasteiger partial charge in [-0.3, -0.25) is 14.0 Å². The second kappa shape index (κ2) is 9.05. The Hall–Kier alpha value is -2.93. The molecule has 6 nitrogen and oxygen atoms in total. The van der Waals surface area contributed by atoms with Gasteiger partial charge >= 0.3 is 0 Å². The Kier molecular flexibility index (Phi) is 6.49. The normalized spacial score (nSPS) is 12.4. The second-order valence-corrected chi connectivity index (χ2v) is 8.34. The molecule has 2 heterocycles. The molecule has 0 aliphatic rings. The van der Waals surface area contributed by atoms with Gasteiger partial charge in [-0.1, -0.05) is 26.0 Å². The molecule has 3 aromatic rings. The van der Waals surface area contributed by atoms with Gasteiger partial charge in [0, 0.05) is 35.3 Å². The zero-order chi connectivity index (χ0) is 21.0. The van der Waals surface area contributed by atoms with Crippen LogP contribution in [0.1, 0.15) is 42.1 Å². The van der Waals surface area contributed by atoms with Crippen LogP contribution in [0.4, 0.5) is 5.69 Å². The van der Waals surface area contributed by atoms with E-state index < -0.39 is 0 Å². The van der Waals surface area contributed by atoms with E-state index >= 15 is 0 Å². The molecule has 7 heteroatoms. The van der Waals surface area contributed by atoms with Crippen LogP contribution in [0.5, 0.6) is 0 Å². The van der Waals surface area contributed by atoms with E-state index in [1.54, 1.807) is 17.4 Å². The Labute approximate surface area is 174 Å². The summed E-state index contributed by atoms with van der Waals surface area (Å²) in [5, 5.41) is 5.80. The first-order valence-electron chi connectivity index (χ1n) is 9.68. The minimum atomic E-state index is -0.180. The summed E-state index contributed by atoms with van der Waals surface area (Å²) in [4.78, 5) is 30.9. The van der Waals surface area contributed by atoms with Crippen LogP contribution in [0.15, 0.2) is 36.5 Å². The molecule has 0 saturated heterocycles. The van der Waals surface area contributed by atoms with Crippen molar-refractivity contribution in [3.05, 3.63) is 58.4 Å². The monoisotopic (exact) mass is 410 g/mol. The number of carbonyl (C=O) groups is 2. The third-order valence-corrected chi connectivity index (χ3v) is 5.67. The van der Waals surface area contributed by atoms with E-state index in [4.69, 9.17) is 0 Å². The number of benzene rings is 1. The van der Waals surface area contributed by atoms with Crippen molar-refractivity contribution in [2.24, 2.45) is 5.92 Å². The molecule has 0 unspecified atom stereocenters. The van der Waals surface area contributed by atoms with Crippen LogP contribution in [0.3, 0.4) is 0 Å². The van der Waals surface area contributed by atoms with Crippen LogP contribution >= 0.6 is 11.3 Å². The average molecular weight is 411 g/mol. The van der Waals surface area contributed by atoms with Gasteiger partial charge in [-0.15, -0.1) is 11.3 Å². The lowest BCUT2D eigenvalue weighted by Crippen LogP contribution is -2.21. The topological polar surface area (TPSA) is 75.5 Å². The molecule has 0 saturated carbocycles. The number of anilines is 1. The molecule has 152 valence electrons. The van der Waals surface area contributed by atoms with E-state index in [9.17, 15) is 9.59 Å². The lowest BCUT2D eigenvalue weighted by Gasteiger charge is -2.11. The van der Waals surface area contributed by atoms with Crippen molar-refractivity contribution in [2.45, 2.75) is 40.7 Å². The highest BCUT2D eigenvalue weighted by Gasteiger charge is 2.11. The molecular weight excluding hydrogens is 384 g/mol. The first kappa shape index (κ1) is 20.8. The number of nitrogens with one attached hydrogen (secondary N) is 2. The third-order valence-electron chi connectivity index (χ3n) is 4.78. The lowest BCUT2D eigenvalue weighted by molar-refractivity contribution is -0.119. The number of carbonyl (C=O) groups excluding carboxylic acids is 2. The molecule has 0 aliphatic heterocycles. The Bertz CT molecular complexity index is 1060. The summed E-state index contributed by atoms with van der Waals surface area (Å²) in [6, 6.07) is 7.52. The van der Waals surface area contributed by atoms with E-state index in [-0.39, 0.29) is 17.7 Å². The van der Waals surface area contributed by atoms with Gasteiger partial charge in [0.1, 0.15) is 0 Å². The number of aryl methyl sites for hydroxylation is 2. The molecule has 29 heavy (non-hydrogen) atoms. The molecule has 0 bridgehead atoms. The Balaban J connectivity index is 1.60. The van der Waals surface area contributed by atoms with Gasteiger partial charge in [-0.2, -0.15) is 0 Å². The first-order chi connectivity index (χ1) is 13.9. The van der Waals surface area contributed by atoms with Crippen molar-refractivity contribution < 1.29 is 9.59 Å². The summed E-state index contributed by atoms with van der Waals surface area (Å²) in [6.07, 6.45) is 6.14. The zero-order valence-corrected chi connectivity index (χ0v) is 18.0. The predicted molar refractivity (Wildman–Crippen MR) is 118 cm³/mol. The van der Waals surface area contributed by atoms with E-state index in [0.717, 1.165) is 34.0 Å². The second-order valence-electron chi connectivity index (χ2n) is 7.13. The van der Waals surface area contributed by atoms with Crippen molar-refractivity contribution in [1.29, 1.82) is 0 Å². The molecule has 2 N–H and O–H groups in total. The highest BCUT2D eigenvalue weighted by Crippen LogP contribution is 2.21. The Morgan fingerprint density at radius 1 is 1.31 bits per heavy atom. The van der Waals surface area contributed by atoms with Gasteiger partial charge in [0.2, 0.25) is 11.8 Å². The molecule has 0 spiro atoms. The van der Waals surface area contributed by atoms with Gasteiger partial charge < -0.3 is 10.6 Å². The smallest absolute Gasteiger partial charge is 0.244 e. The summed E-state index contributed by atoms with van der Waals surface area (Å²) in [7, 11) is 0. The van der Waals surface area contributed by atoms with Crippen molar-refractivity contribution in [3.8, 4) is 0 Å². The quantitative estimate of drug-likeness (QED) is 0.570. The first-order valence-corrected chi connectivity index (χ1v) is 10.5. The van der Waals surface area contributed by atoms with Crippen molar-refractivity contribution in [1.82, 2.24) is 14.7 Å². The fraction of sp³-hybridized carbons (Fsp3) is 0.318. The van der Waals surface area contributed by atoms with Crippen LogP contribution in [0.2, 0.25) is 0 Å². The number of rotatable bonds is 7. The van der Waals surface area contributed by atoms with Gasteiger partial charge in [0.25, 0.3) is 0 Å². The molecule has 2 aromatic heterocycles. The van der Waals surface area contributed by atoms with Crippen LogP contribution in [-0.2, 0) is 16.1 Å². The van der Waals surface area contributed by atoms with Crippen molar-refractivity contribution in [2.75, 3.05) is 5.32 Å². The predicted octanol–water partition coefficient (Wildman–Crippen LogP) is 4.33. The molecule has 0 radical (unpaired) electrons. The van der Waals surface area contributed by atoms with Crippen LogP contribution in [0.25, 0.3) is 11.0 Å². The highest BCUT2D eigenvalue weighted by atomic mass is 32.1. The standard InChI is InChI=1S/C22H26N4O2S/c1-5-14(2)21(28)25-18-8-6-7-17(11-18)12-23-20(27)10-9-19-16(4)24-22-26(19)13-15(3)29-22/h6-11,13-14H,5,12H2,1-4H3,(H,23,27)(H,25,28)/b10-9+/t14-/m0/s1. The molecular formula is C22H26N4O2S. The Morgan fingerprint density at radius 2 is 2.10 bits per heavy atom. The molecule has 3 rings (SSSR count). The molecule has 1 aromatic carbocycles. The zero-order valence-electron chi connectivity index (χ0n) is 17.2. The van der Waals surface area contributed by atoms with Gasteiger partial charge in [0.05, 0.1) is 11.4 Å². The number of aromatic nitrogens is 2. The highest BCUT2D eigenvalue weighted by molar-refractivity contribution is 7.17. The number of amides is 2. The maximum atomic E-state index is 12.3. The number of thiazole rings is 1. The third kappa shape index (κ3) is 5.12. The maximum Gasteiger partial charge on any atom is 0.244 e. The summed E-state index contributed by atoms with van der Waals surface area (Å²) in [5.41, 5.74) is 3.46. The van der Waals surface area contributed by atoms with Crippen LogP contribution < -0.4 is 10.6 Å². The summed E-state index contributed by atoms with van der Waals surface area (Å²) < 4.78 is 2.00. The molecule has 0 fully saturated rings. The minimum absolute atomic E-state index is 0.00257. The fourth-order valence-corrected chi connectivity index (χ4v) is 3.77. The minimum Gasteiger partial charge on any atom is -0.348 e. The van der Waals surface area contributed by atoms with Crippen molar-refractivity contribution in [3.63, 3.8) is 0 Å². The molecule has 1 atom stereocenters. The van der Waals surface area contributed by atoms with Gasteiger partial charge in [-0.25, -0.2) is 4.98 Å². The summed E-state index contributed by atoms with van der Waals surface area (Å²) in [5.74, 6) is -0.211. The van der Waals surface area contributed by atoms with E-state index in [1.807, 2.05) is 62.6 Å². The SMILES string of the molecule is CC[C@H](C)C(=O)Nc1cccc(CNC(=O)/C=C/c2c(C)nc3sc(C)cn23)c1. The summed E-state index contributed by atoms with van der Waals surface area (Å²) in [6.45, 7) is 8.24. The van der Waals surface area contributed by atoms with Gasteiger partial charge in [0.15, 0.2) is 4.96 Å². The number of imidazole rings is 1. The fourth-order valence-electron chi connectivity index (χ4n) is 2.89. The largest absolute Gasteiger partial charge is 0.348 e. The number of hydrogen-bond acceptors (Lipinski definition) is 4. The van der Waals surface area contributed by atoms with E-state index in [2.05, 4.69) is 15.6 Å². The van der Waals surface area contributed by atoms with Gasteiger partial charge in [-0.05, 0) is 44.0 Å². The molecule has 2 amide bonds. The molecule has 0 aliphatic carbocycles. The number of hydrogen-bond donors (Lipinski definition) is 2. The lowest BCUT2D eigenvalue weighted by atomic mass is 10.1. The number of fused-ring (bicyclic) bond motifs is 1. The van der Waals surface area contributed by atoms with E-state index in [0.29, 0.717) is 6.54 Å². The van der Waals surface area contributed by atoms with Crippen LogP contribution in [0, 0.1) is 19.8 Å². The maximum absolute atomic E-state index is 12.3.